The monoisotopic (exact) mass is 306 g/mol. The summed E-state index contributed by atoms with van der Waals surface area (Å²) < 4.78 is 3.83. The molecule has 0 aromatic carbocycles. The first-order valence-electron chi connectivity index (χ1n) is 7.41. The number of imide groups is 1. The molecule has 1 N–H and O–H groups in total. The van der Waals surface area contributed by atoms with Gasteiger partial charge in [0.05, 0.1) is 6.54 Å². The van der Waals surface area contributed by atoms with Crippen LogP contribution in [0.2, 0.25) is 0 Å². The average molecular weight is 306 g/mol. The van der Waals surface area contributed by atoms with Crippen molar-refractivity contribution in [2.24, 2.45) is 4.99 Å². The van der Waals surface area contributed by atoms with E-state index in [2.05, 4.69) is 4.99 Å². The second-order valence-electron chi connectivity index (χ2n) is 5.50. The molecule has 1 atom stereocenters. The number of likely N-dealkylation sites (N-methyl/N-ethyl adjacent to an activating group) is 1. The molecule has 0 bridgehead atoms. The maximum absolute atomic E-state index is 12.7. The molecule has 1 unspecified atom stereocenters. The first-order valence-corrected chi connectivity index (χ1v) is 7.41. The number of urea groups is 1. The number of aryl methyl sites for hydroxylation is 1. The zero-order valence-corrected chi connectivity index (χ0v) is 13.0. The molecule has 0 radical (unpaired) electrons. The summed E-state index contributed by atoms with van der Waals surface area (Å²) in [5, 5.41) is 8.96. The van der Waals surface area contributed by atoms with E-state index in [1.165, 1.54) is 9.80 Å². The molecule has 0 saturated carbocycles. The third-order valence-electron chi connectivity index (χ3n) is 4.18. The number of aromatic nitrogens is 2. The number of hydrogen-bond donors (Lipinski definition) is 1. The number of imidazole rings is 1. The first-order chi connectivity index (χ1) is 10.5. The van der Waals surface area contributed by atoms with Crippen LogP contribution in [0, 0.1) is 6.92 Å². The van der Waals surface area contributed by atoms with Gasteiger partial charge in [0, 0.05) is 20.2 Å². The maximum Gasteiger partial charge on any atom is 0.401 e. The van der Waals surface area contributed by atoms with Crippen LogP contribution in [0.3, 0.4) is 0 Å². The Hall–Kier alpha value is -2.22. The van der Waals surface area contributed by atoms with E-state index < -0.39 is 6.04 Å². The molecule has 3 rings (SSSR count). The highest BCUT2D eigenvalue weighted by Crippen LogP contribution is 2.28. The quantitative estimate of drug-likeness (QED) is 0.793. The third kappa shape index (κ3) is 1.87. The standard InChI is InChI=1S/C14H20N5O3/c1-4-17-9(2)8-19-10-11(15-13(17)19)16(3)14(22)18(12(10)21)6-5-7-20/h8,10,20H,4-7H2,1-3H3/q+1. The van der Waals surface area contributed by atoms with Gasteiger partial charge < -0.3 is 5.11 Å². The SMILES string of the molecule is CCn1c(C)c[n+]2c1N=C1C2C(=O)N(CCCO)C(=O)N1C. The third-order valence-corrected chi connectivity index (χ3v) is 4.18. The van der Waals surface area contributed by atoms with Gasteiger partial charge in [-0.25, -0.2) is 13.9 Å². The van der Waals surface area contributed by atoms with E-state index in [4.69, 9.17) is 5.11 Å². The summed E-state index contributed by atoms with van der Waals surface area (Å²) in [7, 11) is 1.63. The summed E-state index contributed by atoms with van der Waals surface area (Å²) in [6, 6.07) is -0.984. The molecule has 118 valence electrons. The molecule has 3 amide bonds. The molecule has 22 heavy (non-hydrogen) atoms. The lowest BCUT2D eigenvalue weighted by molar-refractivity contribution is -0.677. The Morgan fingerprint density at radius 1 is 1.41 bits per heavy atom. The molecule has 3 heterocycles. The Balaban J connectivity index is 2.04. The van der Waals surface area contributed by atoms with E-state index in [9.17, 15) is 9.59 Å². The fourth-order valence-corrected chi connectivity index (χ4v) is 3.06. The second kappa shape index (κ2) is 5.20. The summed E-state index contributed by atoms with van der Waals surface area (Å²) in [5.74, 6) is 0.872. The number of carbonyl (C=O) groups is 2. The summed E-state index contributed by atoms with van der Waals surface area (Å²) in [6.45, 7) is 4.88. The minimum Gasteiger partial charge on any atom is -0.396 e. The van der Waals surface area contributed by atoms with Crippen molar-refractivity contribution in [3.05, 3.63) is 11.9 Å². The highest BCUT2D eigenvalue weighted by atomic mass is 16.3. The molecular weight excluding hydrogens is 286 g/mol. The van der Waals surface area contributed by atoms with E-state index in [1.54, 1.807) is 7.05 Å². The van der Waals surface area contributed by atoms with Gasteiger partial charge in [-0.15, -0.1) is 0 Å². The van der Waals surface area contributed by atoms with Crippen LogP contribution in [0.4, 0.5) is 10.7 Å². The number of amidine groups is 1. The molecule has 1 saturated heterocycles. The summed E-state index contributed by atoms with van der Waals surface area (Å²) in [4.78, 5) is 32.2. The largest absolute Gasteiger partial charge is 0.401 e. The topological polar surface area (TPSA) is 82.0 Å². The lowest BCUT2D eigenvalue weighted by Crippen LogP contribution is -2.62. The van der Waals surface area contributed by atoms with Crippen LogP contribution >= 0.6 is 0 Å². The molecule has 8 nitrogen and oxygen atoms in total. The van der Waals surface area contributed by atoms with Crippen molar-refractivity contribution in [2.45, 2.75) is 32.9 Å². The van der Waals surface area contributed by atoms with Gasteiger partial charge in [-0.2, -0.15) is 0 Å². The van der Waals surface area contributed by atoms with Crippen LogP contribution in [0.5, 0.6) is 0 Å². The van der Waals surface area contributed by atoms with Gasteiger partial charge in [0.25, 0.3) is 5.91 Å². The van der Waals surface area contributed by atoms with E-state index in [0.29, 0.717) is 18.2 Å². The van der Waals surface area contributed by atoms with Gasteiger partial charge in [-0.05, 0) is 20.3 Å². The lowest BCUT2D eigenvalue weighted by atomic mass is 10.1. The van der Waals surface area contributed by atoms with Crippen molar-refractivity contribution in [3.8, 4) is 0 Å². The minimum atomic E-state index is -0.595. The van der Waals surface area contributed by atoms with Gasteiger partial charge in [0.2, 0.25) is 11.9 Å². The molecule has 8 heteroatoms. The summed E-state index contributed by atoms with van der Waals surface area (Å²) in [6.07, 6.45) is 2.27. The average Bonchev–Trinajstić information content (AvgIpc) is 2.99. The Labute approximate surface area is 128 Å². The molecular formula is C14H20N5O3+. The number of amides is 3. The number of hydrogen-bond acceptors (Lipinski definition) is 4. The van der Waals surface area contributed by atoms with Gasteiger partial charge in [-0.1, -0.05) is 4.99 Å². The highest BCUT2D eigenvalue weighted by molar-refractivity contribution is 6.19. The fraction of sp³-hybridized carbons (Fsp3) is 0.571. The van der Waals surface area contributed by atoms with Crippen molar-refractivity contribution in [2.75, 3.05) is 20.2 Å². The first kappa shape index (κ1) is 14.7. The predicted molar refractivity (Wildman–Crippen MR) is 77.7 cm³/mol. The van der Waals surface area contributed by atoms with Crippen LogP contribution in [0.1, 0.15) is 25.1 Å². The van der Waals surface area contributed by atoms with Gasteiger partial charge in [0.15, 0.2) is 0 Å². The van der Waals surface area contributed by atoms with Crippen LogP contribution in [0.25, 0.3) is 0 Å². The fourth-order valence-electron chi connectivity index (χ4n) is 3.06. The van der Waals surface area contributed by atoms with Crippen LogP contribution in [0.15, 0.2) is 11.2 Å². The normalized spacial score (nSPS) is 20.4. The lowest BCUT2D eigenvalue weighted by Gasteiger charge is -2.32. The van der Waals surface area contributed by atoms with Crippen molar-refractivity contribution >= 4 is 23.7 Å². The Morgan fingerprint density at radius 3 is 2.77 bits per heavy atom. The smallest absolute Gasteiger partial charge is 0.396 e. The van der Waals surface area contributed by atoms with E-state index >= 15 is 0 Å². The zero-order valence-electron chi connectivity index (χ0n) is 13.0. The number of aliphatic imine (C=N–C) groups is 1. The molecule has 0 spiro atoms. The minimum absolute atomic E-state index is 0.0594. The van der Waals surface area contributed by atoms with Crippen molar-refractivity contribution < 1.29 is 19.3 Å². The molecule has 1 aromatic rings. The Bertz CT molecular complexity index is 678. The van der Waals surface area contributed by atoms with Gasteiger partial charge >= 0.3 is 12.0 Å². The van der Waals surface area contributed by atoms with Crippen molar-refractivity contribution in [1.82, 2.24) is 14.4 Å². The van der Waals surface area contributed by atoms with Crippen LogP contribution < -0.4 is 4.57 Å². The number of fused-ring (bicyclic) bond motifs is 3. The number of carbonyl (C=O) groups excluding carboxylic acids is 2. The molecule has 2 aliphatic heterocycles. The summed E-state index contributed by atoms with van der Waals surface area (Å²) >= 11 is 0. The molecule has 1 fully saturated rings. The maximum atomic E-state index is 12.7. The number of aliphatic hydroxyl groups is 1. The predicted octanol–water partition coefficient (Wildman–Crippen LogP) is -0.0350. The molecule has 1 aromatic heterocycles. The number of nitrogens with zero attached hydrogens (tertiary/aromatic N) is 5. The molecule has 0 aliphatic carbocycles. The zero-order chi connectivity index (χ0) is 16.0. The Kier molecular flexibility index (Phi) is 3.48. The van der Waals surface area contributed by atoms with Gasteiger partial charge in [-0.3, -0.25) is 14.6 Å². The van der Waals surface area contributed by atoms with Crippen LogP contribution in [-0.4, -0.2) is 57.4 Å². The van der Waals surface area contributed by atoms with Crippen molar-refractivity contribution in [1.29, 1.82) is 0 Å². The van der Waals surface area contributed by atoms with Crippen LogP contribution in [-0.2, 0) is 11.3 Å². The van der Waals surface area contributed by atoms with Gasteiger partial charge in [0.1, 0.15) is 11.9 Å². The molecule has 2 aliphatic rings. The van der Waals surface area contributed by atoms with Crippen molar-refractivity contribution in [3.63, 3.8) is 0 Å². The summed E-state index contributed by atoms with van der Waals surface area (Å²) in [5.41, 5.74) is 1.02. The highest BCUT2D eigenvalue weighted by Gasteiger charge is 2.52. The number of rotatable bonds is 4. The Morgan fingerprint density at radius 2 is 2.14 bits per heavy atom. The number of aliphatic hydroxyl groups excluding tert-OH is 1. The second-order valence-corrected chi connectivity index (χ2v) is 5.50. The van der Waals surface area contributed by atoms with E-state index in [-0.39, 0.29) is 25.1 Å². The van der Waals surface area contributed by atoms with E-state index in [1.807, 2.05) is 29.2 Å². The van der Waals surface area contributed by atoms with E-state index in [0.717, 1.165) is 12.2 Å².